The molecule has 0 aliphatic rings. The van der Waals surface area contributed by atoms with Crippen molar-refractivity contribution in [1.29, 1.82) is 0 Å². The van der Waals surface area contributed by atoms with Crippen LogP contribution in [0, 0.1) is 0 Å². The molecule has 5 heteroatoms. The molecule has 2 aromatic rings. The fraction of sp³-hybridized carbons (Fsp3) is 0.231. The van der Waals surface area contributed by atoms with E-state index in [0.29, 0.717) is 0 Å². The SMILES string of the molecule is COc1ccccc1CC(Cl)c1cc(Br)sc1Br. The summed E-state index contributed by atoms with van der Waals surface area (Å²) < 4.78 is 7.49. The van der Waals surface area contributed by atoms with Crippen LogP contribution in [0.4, 0.5) is 0 Å². The lowest BCUT2D eigenvalue weighted by Gasteiger charge is -2.12. The van der Waals surface area contributed by atoms with Gasteiger partial charge in [0, 0.05) is 0 Å². The standard InChI is InChI=1S/C13H11Br2ClOS/c1-17-11-5-3-2-4-8(11)6-10(16)9-7-12(14)18-13(9)15/h2-5,7,10H,6H2,1H3. The molecule has 0 amide bonds. The van der Waals surface area contributed by atoms with Crippen LogP contribution in [0.1, 0.15) is 16.5 Å². The van der Waals surface area contributed by atoms with Crippen molar-refractivity contribution in [1.82, 2.24) is 0 Å². The maximum absolute atomic E-state index is 6.49. The quantitative estimate of drug-likeness (QED) is 0.579. The minimum atomic E-state index is -0.0711. The van der Waals surface area contributed by atoms with E-state index < -0.39 is 0 Å². The second-order valence-electron chi connectivity index (χ2n) is 3.76. The molecule has 1 unspecified atom stereocenters. The molecule has 18 heavy (non-hydrogen) atoms. The lowest BCUT2D eigenvalue weighted by molar-refractivity contribution is 0.409. The number of hydrogen-bond donors (Lipinski definition) is 0. The largest absolute Gasteiger partial charge is 0.496 e. The monoisotopic (exact) mass is 408 g/mol. The minimum Gasteiger partial charge on any atom is -0.496 e. The summed E-state index contributed by atoms with van der Waals surface area (Å²) in [6.45, 7) is 0. The van der Waals surface area contributed by atoms with Gasteiger partial charge in [-0.3, -0.25) is 0 Å². The first-order chi connectivity index (χ1) is 8.61. The normalized spacial score (nSPS) is 12.4. The van der Waals surface area contributed by atoms with E-state index in [2.05, 4.69) is 37.9 Å². The molecule has 0 aliphatic heterocycles. The summed E-state index contributed by atoms with van der Waals surface area (Å²) in [7, 11) is 1.68. The van der Waals surface area contributed by atoms with Crippen molar-refractivity contribution in [2.45, 2.75) is 11.8 Å². The number of hydrogen-bond acceptors (Lipinski definition) is 2. The lowest BCUT2D eigenvalue weighted by atomic mass is 10.1. The van der Waals surface area contributed by atoms with E-state index in [1.165, 1.54) is 0 Å². The summed E-state index contributed by atoms with van der Waals surface area (Å²) in [6, 6.07) is 10.0. The smallest absolute Gasteiger partial charge is 0.122 e. The highest BCUT2D eigenvalue weighted by Gasteiger charge is 2.17. The highest BCUT2D eigenvalue weighted by molar-refractivity contribution is 9.12. The molecule has 0 radical (unpaired) electrons. The number of halogens is 3. The van der Waals surface area contributed by atoms with Gasteiger partial charge in [-0.1, -0.05) is 18.2 Å². The molecule has 96 valence electrons. The van der Waals surface area contributed by atoms with Crippen LogP contribution < -0.4 is 4.74 Å². The average molecular weight is 411 g/mol. The Hall–Kier alpha value is -0.0300. The van der Waals surface area contributed by atoms with E-state index in [4.69, 9.17) is 16.3 Å². The second-order valence-corrected chi connectivity index (χ2v) is 8.04. The van der Waals surface area contributed by atoms with Gasteiger partial charge in [0.05, 0.1) is 20.1 Å². The number of para-hydroxylation sites is 1. The Balaban J connectivity index is 2.21. The number of methoxy groups -OCH3 is 1. The van der Waals surface area contributed by atoms with Gasteiger partial charge in [-0.25, -0.2) is 0 Å². The van der Waals surface area contributed by atoms with Gasteiger partial charge in [-0.15, -0.1) is 22.9 Å². The first-order valence-corrected chi connectivity index (χ1v) is 8.16. The van der Waals surface area contributed by atoms with Crippen LogP contribution in [0.5, 0.6) is 5.75 Å². The Morgan fingerprint density at radius 1 is 1.33 bits per heavy atom. The molecule has 2 rings (SSSR count). The number of alkyl halides is 1. The van der Waals surface area contributed by atoms with Crippen LogP contribution in [0.25, 0.3) is 0 Å². The molecule has 1 atom stereocenters. The number of thiophene rings is 1. The molecule has 0 saturated heterocycles. The third kappa shape index (κ3) is 3.29. The van der Waals surface area contributed by atoms with Gasteiger partial charge in [0.25, 0.3) is 0 Å². The lowest BCUT2D eigenvalue weighted by Crippen LogP contribution is -1.98. The zero-order valence-corrected chi connectivity index (χ0v) is 14.4. The molecular weight excluding hydrogens is 399 g/mol. The summed E-state index contributed by atoms with van der Waals surface area (Å²) in [5.41, 5.74) is 2.23. The van der Waals surface area contributed by atoms with E-state index in [9.17, 15) is 0 Å². The van der Waals surface area contributed by atoms with Crippen molar-refractivity contribution in [2.75, 3.05) is 7.11 Å². The Morgan fingerprint density at radius 3 is 2.67 bits per heavy atom. The van der Waals surface area contributed by atoms with E-state index in [0.717, 1.165) is 30.9 Å². The van der Waals surface area contributed by atoms with E-state index in [-0.39, 0.29) is 5.38 Å². The van der Waals surface area contributed by atoms with Gasteiger partial charge in [-0.2, -0.15) is 0 Å². The molecule has 0 N–H and O–H groups in total. The molecule has 1 aromatic carbocycles. The average Bonchev–Trinajstić information content (AvgIpc) is 2.69. The van der Waals surface area contributed by atoms with E-state index in [1.807, 2.05) is 24.3 Å². The van der Waals surface area contributed by atoms with Gasteiger partial charge in [-0.05, 0) is 61.5 Å². The summed E-state index contributed by atoms with van der Waals surface area (Å²) in [5.74, 6) is 0.883. The summed E-state index contributed by atoms with van der Waals surface area (Å²) in [4.78, 5) is 0. The van der Waals surface area contributed by atoms with Gasteiger partial charge in [0.1, 0.15) is 5.75 Å². The Morgan fingerprint density at radius 2 is 2.06 bits per heavy atom. The summed E-state index contributed by atoms with van der Waals surface area (Å²) in [5, 5.41) is -0.0711. The van der Waals surface area contributed by atoms with Crippen LogP contribution in [-0.4, -0.2) is 7.11 Å². The zero-order chi connectivity index (χ0) is 13.1. The van der Waals surface area contributed by atoms with Crippen LogP contribution in [0.15, 0.2) is 37.9 Å². The van der Waals surface area contributed by atoms with Crippen molar-refractivity contribution in [3.8, 4) is 5.75 Å². The highest BCUT2D eigenvalue weighted by Crippen LogP contribution is 2.40. The zero-order valence-electron chi connectivity index (χ0n) is 9.62. The van der Waals surface area contributed by atoms with Crippen molar-refractivity contribution < 1.29 is 4.74 Å². The van der Waals surface area contributed by atoms with Crippen LogP contribution in [-0.2, 0) is 6.42 Å². The predicted octanol–water partition coefficient (Wildman–Crippen LogP) is 5.80. The number of ether oxygens (including phenoxy) is 1. The molecule has 0 spiro atoms. The Bertz CT molecular complexity index is 542. The molecule has 1 aromatic heterocycles. The second kappa shape index (κ2) is 6.42. The first-order valence-electron chi connectivity index (χ1n) is 5.32. The van der Waals surface area contributed by atoms with Gasteiger partial charge in [0.15, 0.2) is 0 Å². The molecule has 0 aliphatic carbocycles. The van der Waals surface area contributed by atoms with Crippen molar-refractivity contribution >= 4 is 54.8 Å². The maximum atomic E-state index is 6.49. The van der Waals surface area contributed by atoms with Crippen molar-refractivity contribution in [3.05, 3.63) is 49.0 Å². The summed E-state index contributed by atoms with van der Waals surface area (Å²) >= 11 is 15.1. The minimum absolute atomic E-state index is 0.0711. The van der Waals surface area contributed by atoms with Gasteiger partial charge in [0.2, 0.25) is 0 Å². The molecule has 1 heterocycles. The van der Waals surface area contributed by atoms with Crippen LogP contribution in [0.2, 0.25) is 0 Å². The topological polar surface area (TPSA) is 9.23 Å². The molecule has 0 saturated carbocycles. The van der Waals surface area contributed by atoms with Crippen LogP contribution >= 0.6 is 54.8 Å². The molecule has 0 bridgehead atoms. The predicted molar refractivity (Wildman–Crippen MR) is 85.0 cm³/mol. The van der Waals surface area contributed by atoms with Gasteiger partial charge < -0.3 is 4.74 Å². The molecule has 0 fully saturated rings. The van der Waals surface area contributed by atoms with Crippen LogP contribution in [0.3, 0.4) is 0 Å². The fourth-order valence-electron chi connectivity index (χ4n) is 1.74. The number of benzene rings is 1. The number of rotatable bonds is 4. The molecule has 1 nitrogen and oxygen atoms in total. The van der Waals surface area contributed by atoms with Crippen molar-refractivity contribution in [2.24, 2.45) is 0 Å². The molecular formula is C13H11Br2ClOS. The maximum Gasteiger partial charge on any atom is 0.122 e. The third-order valence-electron chi connectivity index (χ3n) is 2.61. The fourth-order valence-corrected chi connectivity index (χ4v) is 5.25. The highest BCUT2D eigenvalue weighted by atomic mass is 79.9. The Kier molecular flexibility index (Phi) is 5.13. The Labute approximate surface area is 132 Å². The third-order valence-corrected chi connectivity index (χ3v) is 5.39. The van der Waals surface area contributed by atoms with Gasteiger partial charge >= 0.3 is 0 Å². The summed E-state index contributed by atoms with van der Waals surface area (Å²) in [6.07, 6.45) is 0.743. The van der Waals surface area contributed by atoms with E-state index in [1.54, 1.807) is 18.4 Å². The first kappa shape index (κ1) is 14.4. The van der Waals surface area contributed by atoms with Crippen molar-refractivity contribution in [3.63, 3.8) is 0 Å². The van der Waals surface area contributed by atoms with E-state index >= 15 is 0 Å².